The van der Waals surface area contributed by atoms with Crippen molar-refractivity contribution in [2.45, 2.75) is 51.1 Å². The highest BCUT2D eigenvalue weighted by atomic mass is 35.5. The number of morpholine rings is 1. The van der Waals surface area contributed by atoms with E-state index in [9.17, 15) is 5.11 Å². The van der Waals surface area contributed by atoms with Crippen molar-refractivity contribution >= 4 is 35.1 Å². The molecule has 3 heterocycles. The molecule has 0 saturated carbocycles. The van der Waals surface area contributed by atoms with Gasteiger partial charge in [-0.3, -0.25) is 4.99 Å². The summed E-state index contributed by atoms with van der Waals surface area (Å²) in [7, 11) is 0. The van der Waals surface area contributed by atoms with Crippen molar-refractivity contribution in [3.63, 3.8) is 0 Å². The van der Waals surface area contributed by atoms with Gasteiger partial charge in [0.05, 0.1) is 23.4 Å². The summed E-state index contributed by atoms with van der Waals surface area (Å²) in [6, 6.07) is 13.3. The van der Waals surface area contributed by atoms with Crippen LogP contribution in [-0.4, -0.2) is 60.8 Å². The molecule has 8 N–H and O–H groups in total. The molecule has 0 spiro atoms. The van der Waals surface area contributed by atoms with Crippen LogP contribution in [0.25, 0.3) is 17.5 Å². The molecule has 12 heteroatoms. The molecule has 2 aliphatic rings. The van der Waals surface area contributed by atoms with Gasteiger partial charge in [-0.2, -0.15) is 0 Å². The largest absolute Gasteiger partial charge is 0.374 e. The van der Waals surface area contributed by atoms with Gasteiger partial charge in [0.25, 0.3) is 0 Å². The normalized spacial score (nSPS) is 19.1. The van der Waals surface area contributed by atoms with E-state index in [2.05, 4.69) is 19.9 Å². The van der Waals surface area contributed by atoms with Crippen LogP contribution in [0, 0.1) is 5.82 Å². The van der Waals surface area contributed by atoms with Crippen LogP contribution in [0.5, 0.6) is 0 Å². The Labute approximate surface area is 249 Å². The minimum atomic E-state index is -1.14. The molecule has 224 valence electrons. The van der Waals surface area contributed by atoms with Crippen LogP contribution in [0.2, 0.25) is 5.02 Å². The van der Waals surface area contributed by atoms with Crippen molar-refractivity contribution < 1.29 is 14.2 Å². The number of aliphatic hydroxyl groups is 1. The predicted octanol–water partition coefficient (Wildman–Crippen LogP) is 2.17. The topological polar surface area (TPSA) is 155 Å². The van der Waals surface area contributed by atoms with E-state index in [0.717, 1.165) is 60.9 Å². The monoisotopic (exact) mass is 596 g/mol. The van der Waals surface area contributed by atoms with Gasteiger partial charge >= 0.3 is 0 Å². The van der Waals surface area contributed by atoms with Crippen molar-refractivity contribution in [3.8, 4) is 11.3 Å². The van der Waals surface area contributed by atoms with E-state index >= 15 is 4.39 Å². The highest BCUT2D eigenvalue weighted by Gasteiger charge is 2.22. The predicted molar refractivity (Wildman–Crippen MR) is 165 cm³/mol. The smallest absolute Gasteiger partial charge is 0.231 e. The SMILES string of the molecule is C[C@H](N)CCCc1cc(Cl)c(F)c(-c2cc3c([nH]2)=NC(O)N(c2ccc(N4CCOC(CCN=C(N)N)C4)cc2)C=3)c1. The number of guanidine groups is 1. The van der Waals surface area contributed by atoms with Gasteiger partial charge in [-0.1, -0.05) is 11.6 Å². The summed E-state index contributed by atoms with van der Waals surface area (Å²) in [6.07, 6.45) is 3.94. The molecule has 3 aromatic rings. The van der Waals surface area contributed by atoms with E-state index < -0.39 is 12.2 Å². The Hall–Kier alpha value is -3.64. The second kappa shape index (κ2) is 13.1. The standard InChI is InChI=1S/C30H38ClFN8O2/c1-18(33)3-2-4-19-13-24(27(32)25(31)14-19)26-15-20-16-40(30(41)38-28(20)37-26)22-7-5-21(6-8-22)39-11-12-42-23(17-39)9-10-36-29(34)35/h5-8,13-16,18,23,30,41H,2-4,9-12,17,33H2,1H3,(H,37,38)(H4,34,35,36)/t18-,23?,30?/m0/s1. The molecule has 1 aromatic heterocycles. The number of hydrogen-bond acceptors (Lipinski definition) is 7. The van der Waals surface area contributed by atoms with Crippen molar-refractivity contribution in [1.82, 2.24) is 4.98 Å². The Morgan fingerprint density at radius 3 is 2.74 bits per heavy atom. The molecular weight excluding hydrogens is 559 g/mol. The minimum absolute atomic E-state index is 0.0360. The molecular formula is C30H38ClFN8O2. The summed E-state index contributed by atoms with van der Waals surface area (Å²) in [5, 5.41) is 11.7. The molecule has 3 atom stereocenters. The summed E-state index contributed by atoms with van der Waals surface area (Å²) >= 11 is 6.26. The summed E-state index contributed by atoms with van der Waals surface area (Å²) in [6.45, 7) is 4.61. The zero-order valence-corrected chi connectivity index (χ0v) is 24.4. The van der Waals surface area contributed by atoms with E-state index in [4.69, 9.17) is 33.5 Å². The number of aryl methyl sites for hydroxylation is 1. The van der Waals surface area contributed by atoms with Crippen LogP contribution >= 0.6 is 11.6 Å². The molecule has 10 nitrogen and oxygen atoms in total. The molecule has 5 rings (SSSR count). The number of aliphatic imine (C=N–C) groups is 1. The third-order valence-electron chi connectivity index (χ3n) is 7.50. The number of fused-ring (bicyclic) bond motifs is 1. The first-order valence-corrected chi connectivity index (χ1v) is 14.6. The average Bonchev–Trinajstić information content (AvgIpc) is 3.37. The number of rotatable bonds is 10. The van der Waals surface area contributed by atoms with Gasteiger partial charge < -0.3 is 41.8 Å². The number of halogens is 2. The van der Waals surface area contributed by atoms with Gasteiger partial charge in [-0.25, -0.2) is 9.38 Å². The van der Waals surface area contributed by atoms with E-state index in [0.29, 0.717) is 29.9 Å². The molecule has 0 aliphatic carbocycles. The Bertz CT molecular complexity index is 1540. The van der Waals surface area contributed by atoms with Gasteiger partial charge in [0.15, 0.2) is 11.8 Å². The number of H-pyrrole nitrogens is 1. The molecule has 2 unspecified atom stereocenters. The van der Waals surface area contributed by atoms with Crippen LogP contribution in [0.15, 0.2) is 52.4 Å². The summed E-state index contributed by atoms with van der Waals surface area (Å²) in [5.74, 6) is -0.417. The lowest BCUT2D eigenvalue weighted by Gasteiger charge is -2.34. The van der Waals surface area contributed by atoms with Crippen LogP contribution in [-0.2, 0) is 11.2 Å². The Kier molecular flexibility index (Phi) is 9.32. The number of nitrogens with zero attached hydrogens (tertiary/aromatic N) is 4. The fourth-order valence-corrected chi connectivity index (χ4v) is 5.57. The molecule has 0 amide bonds. The third kappa shape index (κ3) is 7.04. The highest BCUT2D eigenvalue weighted by Crippen LogP contribution is 2.29. The number of hydrogen-bond donors (Lipinski definition) is 5. The summed E-state index contributed by atoms with van der Waals surface area (Å²) in [5.41, 5.74) is 20.9. The highest BCUT2D eigenvalue weighted by molar-refractivity contribution is 6.31. The number of benzene rings is 2. The van der Waals surface area contributed by atoms with Crippen LogP contribution < -0.4 is 37.7 Å². The lowest BCUT2D eigenvalue weighted by Crippen LogP contribution is -2.43. The van der Waals surface area contributed by atoms with Gasteiger partial charge in [0, 0.05) is 54.0 Å². The fourth-order valence-electron chi connectivity index (χ4n) is 5.33. The van der Waals surface area contributed by atoms with Crippen LogP contribution in [0.1, 0.15) is 31.7 Å². The second-order valence-corrected chi connectivity index (χ2v) is 11.3. The fraction of sp³-hybridized carbons (Fsp3) is 0.400. The van der Waals surface area contributed by atoms with Crippen LogP contribution in [0.4, 0.5) is 15.8 Å². The lowest BCUT2D eigenvalue weighted by molar-refractivity contribution is 0.0369. The molecule has 0 radical (unpaired) electrons. The molecule has 42 heavy (non-hydrogen) atoms. The van der Waals surface area contributed by atoms with Gasteiger partial charge in [0.1, 0.15) is 5.49 Å². The van der Waals surface area contributed by atoms with Crippen molar-refractivity contribution in [2.24, 2.45) is 27.2 Å². The summed E-state index contributed by atoms with van der Waals surface area (Å²) < 4.78 is 21.0. The number of nitrogens with two attached hydrogens (primary N) is 3. The molecule has 1 fully saturated rings. The van der Waals surface area contributed by atoms with Crippen molar-refractivity contribution in [1.29, 1.82) is 0 Å². The first-order chi connectivity index (χ1) is 20.2. The minimum Gasteiger partial charge on any atom is -0.374 e. The van der Waals surface area contributed by atoms with E-state index in [1.165, 1.54) is 0 Å². The third-order valence-corrected chi connectivity index (χ3v) is 7.77. The maximum atomic E-state index is 15.1. The summed E-state index contributed by atoms with van der Waals surface area (Å²) in [4.78, 5) is 15.6. The maximum Gasteiger partial charge on any atom is 0.231 e. The first kappa shape index (κ1) is 29.8. The Morgan fingerprint density at radius 1 is 1.24 bits per heavy atom. The second-order valence-electron chi connectivity index (χ2n) is 10.9. The van der Waals surface area contributed by atoms with Gasteiger partial charge in [-0.15, -0.1) is 0 Å². The number of aromatic nitrogens is 1. The first-order valence-electron chi connectivity index (χ1n) is 14.2. The molecule has 2 aliphatic heterocycles. The van der Waals surface area contributed by atoms with E-state index in [1.807, 2.05) is 49.5 Å². The average molecular weight is 597 g/mol. The molecule has 2 aromatic carbocycles. The number of aromatic amines is 1. The number of nitrogens with one attached hydrogen (secondary N) is 1. The maximum absolute atomic E-state index is 15.1. The number of anilines is 2. The molecule has 1 saturated heterocycles. The van der Waals surface area contributed by atoms with Gasteiger partial charge in [0.2, 0.25) is 6.35 Å². The number of ether oxygens (including phenoxy) is 1. The Balaban J connectivity index is 1.33. The lowest BCUT2D eigenvalue weighted by atomic mass is 10.0. The van der Waals surface area contributed by atoms with Crippen LogP contribution in [0.3, 0.4) is 0 Å². The van der Waals surface area contributed by atoms with Gasteiger partial charge in [-0.05, 0) is 80.6 Å². The zero-order valence-electron chi connectivity index (χ0n) is 23.6. The zero-order chi connectivity index (χ0) is 29.8. The quantitative estimate of drug-likeness (QED) is 0.177. The number of aliphatic hydroxyl groups excluding tert-OH is 1. The Morgan fingerprint density at radius 2 is 2.00 bits per heavy atom. The molecule has 0 bridgehead atoms. The van der Waals surface area contributed by atoms with E-state index in [-0.39, 0.29) is 23.1 Å². The van der Waals surface area contributed by atoms with E-state index in [1.54, 1.807) is 11.0 Å². The van der Waals surface area contributed by atoms with Crippen molar-refractivity contribution in [3.05, 3.63) is 69.6 Å². The van der Waals surface area contributed by atoms with Crippen molar-refractivity contribution in [2.75, 3.05) is 36.0 Å².